The zero-order valence-electron chi connectivity index (χ0n) is 9.58. The molecule has 1 saturated heterocycles. The Morgan fingerprint density at radius 3 is 2.69 bits per heavy atom. The summed E-state index contributed by atoms with van der Waals surface area (Å²) in [7, 11) is 0. The number of nitrogens with one attached hydrogen (secondary N) is 2. The molecule has 1 fully saturated rings. The van der Waals surface area contributed by atoms with E-state index in [1.54, 1.807) is 0 Å². The molecular formula is C10H18N2O3S. The van der Waals surface area contributed by atoms with Gasteiger partial charge in [-0.25, -0.2) is 9.59 Å². The Kier molecular flexibility index (Phi) is 4.46. The van der Waals surface area contributed by atoms with E-state index in [4.69, 9.17) is 5.11 Å². The van der Waals surface area contributed by atoms with E-state index in [9.17, 15) is 9.59 Å². The van der Waals surface area contributed by atoms with E-state index >= 15 is 0 Å². The van der Waals surface area contributed by atoms with Crippen molar-refractivity contribution in [1.82, 2.24) is 10.6 Å². The molecule has 3 N–H and O–H groups in total. The summed E-state index contributed by atoms with van der Waals surface area (Å²) in [6.45, 7) is 3.54. The van der Waals surface area contributed by atoms with E-state index in [-0.39, 0.29) is 0 Å². The largest absolute Gasteiger partial charge is 0.480 e. The first-order valence-corrected chi connectivity index (χ1v) is 6.44. The van der Waals surface area contributed by atoms with Crippen LogP contribution in [-0.4, -0.2) is 40.7 Å². The van der Waals surface area contributed by atoms with Gasteiger partial charge in [0.1, 0.15) is 5.54 Å². The zero-order chi connectivity index (χ0) is 12.2. The highest BCUT2D eigenvalue weighted by Gasteiger charge is 2.29. The van der Waals surface area contributed by atoms with Crippen molar-refractivity contribution < 1.29 is 14.7 Å². The molecular weight excluding hydrogens is 228 g/mol. The molecule has 16 heavy (non-hydrogen) atoms. The fourth-order valence-electron chi connectivity index (χ4n) is 1.36. The average Bonchev–Trinajstić information content (AvgIpc) is 2.66. The second kappa shape index (κ2) is 5.43. The molecule has 0 bridgehead atoms. The molecule has 0 aliphatic carbocycles. The van der Waals surface area contributed by atoms with Crippen LogP contribution in [0.3, 0.4) is 0 Å². The summed E-state index contributed by atoms with van der Waals surface area (Å²) in [6.07, 6.45) is 1.12. The number of hydrogen-bond acceptors (Lipinski definition) is 3. The normalized spacial score (nSPS) is 20.5. The van der Waals surface area contributed by atoms with E-state index in [0.29, 0.717) is 12.5 Å². The maximum Gasteiger partial charge on any atom is 0.328 e. The SMILES string of the molecule is CC(C)(NC(=O)NCC1CCSC1)C(=O)O. The number of carbonyl (C=O) groups is 2. The second-order valence-electron chi connectivity index (χ2n) is 4.49. The lowest BCUT2D eigenvalue weighted by molar-refractivity contribution is -0.142. The number of carbonyl (C=O) groups excluding carboxylic acids is 1. The Bertz CT molecular complexity index is 275. The van der Waals surface area contributed by atoms with E-state index in [1.807, 2.05) is 11.8 Å². The lowest BCUT2D eigenvalue weighted by Gasteiger charge is -2.21. The molecule has 0 spiro atoms. The highest BCUT2D eigenvalue weighted by atomic mass is 32.2. The van der Waals surface area contributed by atoms with Crippen LogP contribution in [0.25, 0.3) is 0 Å². The number of aliphatic carboxylic acids is 1. The first-order chi connectivity index (χ1) is 7.42. The summed E-state index contributed by atoms with van der Waals surface area (Å²) in [5, 5.41) is 14.0. The molecule has 5 nitrogen and oxygen atoms in total. The summed E-state index contributed by atoms with van der Waals surface area (Å²) in [6, 6.07) is -0.413. The average molecular weight is 246 g/mol. The van der Waals surface area contributed by atoms with Gasteiger partial charge in [-0.15, -0.1) is 0 Å². The Labute approximate surface area is 99.4 Å². The number of hydrogen-bond donors (Lipinski definition) is 3. The number of rotatable bonds is 4. The van der Waals surface area contributed by atoms with Crippen LogP contribution in [0.5, 0.6) is 0 Å². The molecule has 0 aromatic heterocycles. The second-order valence-corrected chi connectivity index (χ2v) is 5.64. The van der Waals surface area contributed by atoms with Crippen molar-refractivity contribution in [3.63, 3.8) is 0 Å². The zero-order valence-corrected chi connectivity index (χ0v) is 10.4. The number of carboxylic acids is 1. The molecule has 6 heteroatoms. The summed E-state index contributed by atoms with van der Waals surface area (Å²) in [4.78, 5) is 22.2. The number of thioether (sulfide) groups is 1. The van der Waals surface area contributed by atoms with E-state index in [2.05, 4.69) is 10.6 Å². The summed E-state index contributed by atoms with van der Waals surface area (Å²) in [5.41, 5.74) is -1.23. The third kappa shape index (κ3) is 3.92. The smallest absolute Gasteiger partial charge is 0.328 e. The van der Waals surface area contributed by atoms with Crippen LogP contribution in [0.1, 0.15) is 20.3 Å². The fraction of sp³-hybridized carbons (Fsp3) is 0.800. The third-order valence-corrected chi connectivity index (χ3v) is 3.77. The lowest BCUT2D eigenvalue weighted by Crippen LogP contribution is -2.53. The van der Waals surface area contributed by atoms with Crippen molar-refractivity contribution in [3.05, 3.63) is 0 Å². The lowest BCUT2D eigenvalue weighted by atomic mass is 10.1. The van der Waals surface area contributed by atoms with Gasteiger partial charge in [-0.3, -0.25) is 0 Å². The first-order valence-electron chi connectivity index (χ1n) is 5.29. The number of amides is 2. The first kappa shape index (κ1) is 13.2. The molecule has 92 valence electrons. The predicted molar refractivity (Wildman–Crippen MR) is 63.7 cm³/mol. The number of carboxylic acid groups (broad SMARTS) is 1. The van der Waals surface area contributed by atoms with Gasteiger partial charge in [-0.05, 0) is 37.7 Å². The molecule has 1 unspecified atom stereocenters. The Hall–Kier alpha value is -0.910. The molecule has 1 rings (SSSR count). The molecule has 1 aliphatic heterocycles. The minimum Gasteiger partial charge on any atom is -0.480 e. The number of urea groups is 1. The summed E-state index contributed by atoms with van der Waals surface area (Å²) in [5.74, 6) is 1.69. The van der Waals surface area contributed by atoms with Crippen molar-refractivity contribution in [2.75, 3.05) is 18.1 Å². The molecule has 0 aromatic rings. The van der Waals surface area contributed by atoms with Gasteiger partial charge < -0.3 is 15.7 Å². The summed E-state index contributed by atoms with van der Waals surface area (Å²) < 4.78 is 0. The van der Waals surface area contributed by atoms with Gasteiger partial charge in [0.2, 0.25) is 0 Å². The Morgan fingerprint density at radius 1 is 1.50 bits per heavy atom. The molecule has 2 amide bonds. The van der Waals surface area contributed by atoms with Crippen molar-refractivity contribution in [2.24, 2.45) is 5.92 Å². The van der Waals surface area contributed by atoms with Crippen LogP contribution in [0.4, 0.5) is 4.79 Å². The molecule has 1 heterocycles. The molecule has 1 atom stereocenters. The monoisotopic (exact) mass is 246 g/mol. The highest BCUT2D eigenvalue weighted by Crippen LogP contribution is 2.22. The van der Waals surface area contributed by atoms with Gasteiger partial charge in [0.15, 0.2) is 0 Å². The summed E-state index contributed by atoms with van der Waals surface area (Å²) >= 11 is 1.89. The third-order valence-electron chi connectivity index (χ3n) is 2.54. The Balaban J connectivity index is 2.27. The van der Waals surface area contributed by atoms with Crippen molar-refractivity contribution in [1.29, 1.82) is 0 Å². The van der Waals surface area contributed by atoms with Crippen LogP contribution in [0.2, 0.25) is 0 Å². The van der Waals surface area contributed by atoms with E-state index < -0.39 is 17.5 Å². The molecule has 0 radical (unpaired) electrons. The topological polar surface area (TPSA) is 78.4 Å². The maximum atomic E-state index is 11.4. The van der Waals surface area contributed by atoms with Crippen molar-refractivity contribution >= 4 is 23.8 Å². The fourth-order valence-corrected chi connectivity index (χ4v) is 2.65. The minimum atomic E-state index is -1.23. The van der Waals surface area contributed by atoms with Gasteiger partial charge in [-0.1, -0.05) is 0 Å². The van der Waals surface area contributed by atoms with Crippen molar-refractivity contribution in [3.8, 4) is 0 Å². The molecule has 1 aliphatic rings. The standard InChI is InChI=1S/C10H18N2O3S/c1-10(2,8(13)14)12-9(15)11-5-7-3-4-16-6-7/h7H,3-6H2,1-2H3,(H,13,14)(H2,11,12,15). The van der Waals surface area contributed by atoms with Gasteiger partial charge in [0.25, 0.3) is 0 Å². The highest BCUT2D eigenvalue weighted by molar-refractivity contribution is 7.99. The maximum absolute atomic E-state index is 11.4. The molecule has 0 aromatic carbocycles. The van der Waals surface area contributed by atoms with Crippen molar-refractivity contribution in [2.45, 2.75) is 25.8 Å². The van der Waals surface area contributed by atoms with Gasteiger partial charge in [0, 0.05) is 6.54 Å². The van der Waals surface area contributed by atoms with Crippen LogP contribution < -0.4 is 10.6 Å². The van der Waals surface area contributed by atoms with Crippen LogP contribution in [0, 0.1) is 5.92 Å². The van der Waals surface area contributed by atoms with Gasteiger partial charge in [0.05, 0.1) is 0 Å². The van der Waals surface area contributed by atoms with Gasteiger partial charge in [-0.2, -0.15) is 11.8 Å². The van der Waals surface area contributed by atoms with E-state index in [0.717, 1.165) is 17.9 Å². The quantitative estimate of drug-likeness (QED) is 0.688. The van der Waals surface area contributed by atoms with Crippen LogP contribution >= 0.6 is 11.8 Å². The predicted octanol–water partition coefficient (Wildman–Crippen LogP) is 0.902. The van der Waals surface area contributed by atoms with Gasteiger partial charge >= 0.3 is 12.0 Å². The van der Waals surface area contributed by atoms with Crippen LogP contribution in [-0.2, 0) is 4.79 Å². The molecule has 0 saturated carbocycles. The van der Waals surface area contributed by atoms with Crippen LogP contribution in [0.15, 0.2) is 0 Å². The Morgan fingerprint density at radius 2 is 2.19 bits per heavy atom. The minimum absolute atomic E-state index is 0.413. The van der Waals surface area contributed by atoms with E-state index in [1.165, 1.54) is 13.8 Å².